The quantitative estimate of drug-likeness (QED) is 0.151. The summed E-state index contributed by atoms with van der Waals surface area (Å²) in [6.07, 6.45) is 4.92. The predicted molar refractivity (Wildman–Crippen MR) is 106 cm³/mol. The molecule has 0 aromatic heterocycles. The minimum atomic E-state index is -4.77. The molecule has 0 fully saturated rings. The van der Waals surface area contributed by atoms with E-state index in [1.807, 2.05) is 0 Å². The molecule has 0 unspecified atom stereocenters. The number of hydrogen-bond donors (Lipinski definition) is 2. The maximum absolute atomic E-state index is 11.9. The van der Waals surface area contributed by atoms with Crippen molar-refractivity contribution in [1.29, 1.82) is 0 Å². The highest BCUT2D eigenvalue weighted by Gasteiger charge is 2.22. The number of phosphoric acid groups is 1. The topological polar surface area (TPSA) is 119 Å². The molecule has 0 aliphatic rings. The largest absolute Gasteiger partial charge is 0.469 e. The van der Waals surface area contributed by atoms with Gasteiger partial charge in [0.25, 0.3) is 0 Å². The standard InChI is InChI=1S/C20H27O8P/c1-3-5-7-9-11-13-15-20(22)28-18(17-27-29(23,24)25)16-26-19(21)14-12-10-8-6-4-2/h18H,3,5,7,9,11,13,15-17H2,1-2H3,(H2,23,24,25)/t18-/m0/s1. The summed E-state index contributed by atoms with van der Waals surface area (Å²) in [6, 6.07) is 0. The molecule has 9 heteroatoms. The Morgan fingerprint density at radius 1 is 0.966 bits per heavy atom. The van der Waals surface area contributed by atoms with Crippen LogP contribution in [0.1, 0.15) is 58.8 Å². The lowest BCUT2D eigenvalue weighted by molar-refractivity contribution is -0.158. The number of unbranched alkanes of at least 4 members (excludes halogenated alkanes) is 5. The molecule has 0 saturated heterocycles. The number of ether oxygens (including phenoxy) is 2. The average molecular weight is 426 g/mol. The molecular weight excluding hydrogens is 399 g/mol. The Morgan fingerprint density at radius 2 is 1.62 bits per heavy atom. The van der Waals surface area contributed by atoms with E-state index in [1.54, 1.807) is 6.92 Å². The van der Waals surface area contributed by atoms with Crippen molar-refractivity contribution in [2.24, 2.45) is 0 Å². The van der Waals surface area contributed by atoms with Gasteiger partial charge in [0, 0.05) is 12.3 Å². The molecule has 8 nitrogen and oxygen atoms in total. The van der Waals surface area contributed by atoms with E-state index in [2.05, 4.69) is 47.0 Å². The fourth-order valence-corrected chi connectivity index (χ4v) is 2.36. The second-order valence-corrected chi connectivity index (χ2v) is 7.13. The van der Waals surface area contributed by atoms with Crippen molar-refractivity contribution < 1.29 is 37.9 Å². The summed E-state index contributed by atoms with van der Waals surface area (Å²) < 4.78 is 25.1. The first kappa shape index (κ1) is 26.7. The fourth-order valence-electron chi connectivity index (χ4n) is 2.00. The molecule has 1 atom stereocenters. The molecule has 0 amide bonds. The van der Waals surface area contributed by atoms with Gasteiger partial charge >= 0.3 is 19.8 Å². The third kappa shape index (κ3) is 18.8. The van der Waals surface area contributed by atoms with Crippen LogP contribution in [0.2, 0.25) is 0 Å². The highest BCUT2D eigenvalue weighted by molar-refractivity contribution is 7.46. The highest BCUT2D eigenvalue weighted by atomic mass is 31.2. The molecule has 0 aliphatic heterocycles. The van der Waals surface area contributed by atoms with E-state index in [0.717, 1.165) is 32.1 Å². The van der Waals surface area contributed by atoms with Crippen LogP contribution in [0, 0.1) is 35.5 Å². The van der Waals surface area contributed by atoms with Crippen molar-refractivity contribution in [1.82, 2.24) is 0 Å². The van der Waals surface area contributed by atoms with Gasteiger partial charge in [0.15, 0.2) is 6.10 Å². The summed E-state index contributed by atoms with van der Waals surface area (Å²) in [5.74, 6) is 12.5. The molecule has 0 aliphatic carbocycles. The van der Waals surface area contributed by atoms with E-state index in [-0.39, 0.29) is 6.42 Å². The number of phosphoric ester groups is 1. The van der Waals surface area contributed by atoms with E-state index < -0.39 is 39.1 Å². The Bertz CT molecular complexity index is 736. The Kier molecular flexibility index (Phi) is 15.4. The molecule has 2 N–H and O–H groups in total. The zero-order chi connectivity index (χ0) is 22.0. The van der Waals surface area contributed by atoms with Crippen LogP contribution in [0.15, 0.2) is 0 Å². The zero-order valence-corrected chi connectivity index (χ0v) is 17.6. The zero-order valence-electron chi connectivity index (χ0n) is 16.7. The number of hydrogen-bond acceptors (Lipinski definition) is 6. The molecule has 160 valence electrons. The van der Waals surface area contributed by atoms with Crippen molar-refractivity contribution >= 4 is 19.8 Å². The first-order chi connectivity index (χ1) is 13.8. The van der Waals surface area contributed by atoms with Gasteiger partial charge < -0.3 is 19.3 Å². The number of rotatable bonds is 13. The SMILES string of the molecule is CC#CC#CC#CC(=O)OC[C@@H](COP(=O)(O)O)OC(=O)CCCCCCCC. The van der Waals surface area contributed by atoms with Crippen LogP contribution in [0.5, 0.6) is 0 Å². The summed E-state index contributed by atoms with van der Waals surface area (Å²) in [7, 11) is -4.77. The predicted octanol–water partition coefficient (Wildman–Crippen LogP) is 2.33. The highest BCUT2D eigenvalue weighted by Crippen LogP contribution is 2.35. The first-order valence-corrected chi connectivity index (χ1v) is 10.8. The van der Waals surface area contributed by atoms with Crippen LogP contribution in [-0.4, -0.2) is 41.0 Å². The van der Waals surface area contributed by atoms with Gasteiger partial charge in [-0.25, -0.2) is 9.36 Å². The second-order valence-electron chi connectivity index (χ2n) is 5.89. The Hall–Kier alpha value is -2.27. The van der Waals surface area contributed by atoms with Gasteiger partial charge in [0.2, 0.25) is 0 Å². The van der Waals surface area contributed by atoms with Gasteiger partial charge in [0.1, 0.15) is 6.61 Å². The molecule has 0 radical (unpaired) electrons. The normalized spacial score (nSPS) is 10.9. The second kappa shape index (κ2) is 16.7. The van der Waals surface area contributed by atoms with Crippen molar-refractivity contribution in [2.75, 3.05) is 13.2 Å². The maximum atomic E-state index is 11.9. The Labute approximate surface area is 171 Å². The van der Waals surface area contributed by atoms with Crippen molar-refractivity contribution in [3.05, 3.63) is 0 Å². The van der Waals surface area contributed by atoms with Crippen LogP contribution < -0.4 is 0 Å². The summed E-state index contributed by atoms with van der Waals surface area (Å²) in [5.41, 5.74) is 0. The van der Waals surface area contributed by atoms with Crippen molar-refractivity contribution in [3.8, 4) is 35.5 Å². The molecule has 29 heavy (non-hydrogen) atoms. The summed E-state index contributed by atoms with van der Waals surface area (Å²) in [6.45, 7) is 2.63. The molecule has 0 heterocycles. The van der Waals surface area contributed by atoms with Gasteiger partial charge in [-0.3, -0.25) is 9.32 Å². The first-order valence-electron chi connectivity index (χ1n) is 9.27. The van der Waals surface area contributed by atoms with E-state index >= 15 is 0 Å². The molecule has 0 rings (SSSR count). The third-order valence-corrected chi connectivity index (χ3v) is 3.82. The van der Waals surface area contributed by atoms with Gasteiger partial charge in [-0.05, 0) is 37.0 Å². The third-order valence-electron chi connectivity index (χ3n) is 3.34. The minimum absolute atomic E-state index is 0.153. The number of carbonyl (C=O) groups is 2. The van der Waals surface area contributed by atoms with E-state index in [4.69, 9.17) is 19.3 Å². The van der Waals surface area contributed by atoms with Crippen LogP contribution in [0.4, 0.5) is 0 Å². The maximum Gasteiger partial charge on any atom is 0.469 e. The molecule has 0 bridgehead atoms. The fraction of sp³-hybridized carbons (Fsp3) is 0.600. The molecule has 0 saturated carbocycles. The van der Waals surface area contributed by atoms with Gasteiger partial charge in [-0.1, -0.05) is 44.9 Å². The van der Waals surface area contributed by atoms with Gasteiger partial charge in [-0.2, -0.15) is 0 Å². The van der Waals surface area contributed by atoms with Gasteiger partial charge in [0.05, 0.1) is 6.61 Å². The lowest BCUT2D eigenvalue weighted by Crippen LogP contribution is -2.29. The van der Waals surface area contributed by atoms with Crippen LogP contribution in [0.25, 0.3) is 0 Å². The smallest absolute Gasteiger partial charge is 0.456 e. The minimum Gasteiger partial charge on any atom is -0.456 e. The van der Waals surface area contributed by atoms with Crippen molar-refractivity contribution in [2.45, 2.75) is 64.9 Å². The van der Waals surface area contributed by atoms with Crippen molar-refractivity contribution in [3.63, 3.8) is 0 Å². The number of carbonyl (C=O) groups excluding carboxylic acids is 2. The van der Waals surface area contributed by atoms with E-state index in [0.29, 0.717) is 6.42 Å². The molecule has 0 aromatic carbocycles. The van der Waals surface area contributed by atoms with Crippen LogP contribution in [-0.2, 0) is 28.2 Å². The number of esters is 2. The van der Waals surface area contributed by atoms with Gasteiger partial charge in [-0.15, -0.1) is 0 Å². The average Bonchev–Trinajstić information content (AvgIpc) is 2.65. The van der Waals surface area contributed by atoms with Crippen LogP contribution in [0.3, 0.4) is 0 Å². The molecular formula is C20H27O8P. The Morgan fingerprint density at radius 3 is 2.28 bits per heavy atom. The van der Waals surface area contributed by atoms with Crippen LogP contribution >= 0.6 is 7.82 Å². The lowest BCUT2D eigenvalue weighted by Gasteiger charge is -2.17. The van der Waals surface area contributed by atoms with E-state index in [1.165, 1.54) is 0 Å². The lowest BCUT2D eigenvalue weighted by atomic mass is 10.1. The molecule has 0 spiro atoms. The summed E-state index contributed by atoms with van der Waals surface area (Å²) in [5, 5.41) is 0. The Balaban J connectivity index is 4.51. The molecule has 0 aromatic rings. The summed E-state index contributed by atoms with van der Waals surface area (Å²) in [4.78, 5) is 41.0. The monoisotopic (exact) mass is 426 g/mol. The van der Waals surface area contributed by atoms with E-state index in [9.17, 15) is 14.2 Å². The summed E-state index contributed by atoms with van der Waals surface area (Å²) >= 11 is 0.